The molecule has 0 saturated carbocycles. The van der Waals surface area contributed by atoms with Crippen LogP contribution >= 0.6 is 11.3 Å². The van der Waals surface area contributed by atoms with Crippen LogP contribution in [0.4, 0.5) is 0 Å². The molecule has 83 heavy (non-hydrogen) atoms. The molecule has 3 aromatic heterocycles. The first kappa shape index (κ1) is 51.4. The van der Waals surface area contributed by atoms with Crippen LogP contribution in [0.2, 0.25) is 0 Å². The molecule has 406 valence electrons. The fraction of sp³-hybridized carbons (Fsp3) is 0.200. The molecule has 15 rings (SSSR count). The van der Waals surface area contributed by atoms with Gasteiger partial charge in [-0.1, -0.05) is 229 Å². The van der Waals surface area contributed by atoms with Crippen LogP contribution in [-0.4, -0.2) is 9.13 Å². The predicted molar refractivity (Wildman–Crippen MR) is 364 cm³/mol. The largest absolute Gasteiger partial charge is 0.308 e. The lowest BCUT2D eigenvalue weighted by molar-refractivity contribution is 0.590. The molecule has 2 nitrogen and oxygen atoms in total. The highest BCUT2D eigenvalue weighted by molar-refractivity contribution is 7.26. The zero-order valence-corrected chi connectivity index (χ0v) is 50.7. The average Bonchev–Trinajstić information content (AvgIpc) is 1.92. The molecule has 0 saturated heterocycles. The number of rotatable bonds is 4. The van der Waals surface area contributed by atoms with Crippen molar-refractivity contribution in [3.05, 3.63) is 229 Å². The minimum Gasteiger partial charge on any atom is -0.308 e. The number of benzene rings is 12. The van der Waals surface area contributed by atoms with Crippen molar-refractivity contribution in [1.82, 2.24) is 9.13 Å². The van der Waals surface area contributed by atoms with Crippen LogP contribution in [0.1, 0.15) is 105 Å². The fourth-order valence-electron chi connectivity index (χ4n) is 13.9. The lowest BCUT2D eigenvalue weighted by Gasteiger charge is -2.21. The molecule has 15 aromatic rings. The Morgan fingerprint density at radius 3 is 0.952 bits per heavy atom. The highest BCUT2D eigenvalue weighted by atomic mass is 32.1. The summed E-state index contributed by atoms with van der Waals surface area (Å²) in [6, 6.07) is 79.7. The van der Waals surface area contributed by atoms with Gasteiger partial charge in [0, 0.05) is 63.3 Å². The molecular formula is C80H70N2S. The highest BCUT2D eigenvalue weighted by Gasteiger charge is 2.28. The average molecular weight is 1090 g/mol. The molecule has 0 amide bonds. The maximum atomic E-state index is 2.58. The molecule has 0 aliphatic carbocycles. The molecule has 0 unspecified atom stereocenters. The molecule has 12 aromatic carbocycles. The van der Waals surface area contributed by atoms with Crippen LogP contribution in [0.15, 0.2) is 206 Å². The Kier molecular flexibility index (Phi) is 11.1. The summed E-state index contributed by atoms with van der Waals surface area (Å²) in [7, 11) is 0. The Morgan fingerprint density at radius 1 is 0.265 bits per heavy atom. The molecule has 0 spiro atoms. The lowest BCUT2D eigenvalue weighted by atomic mass is 9.85. The molecular weight excluding hydrogens is 1020 g/mol. The molecule has 0 bridgehead atoms. The third kappa shape index (κ3) is 7.87. The molecule has 3 heterocycles. The van der Waals surface area contributed by atoms with E-state index in [1.807, 2.05) is 11.3 Å². The fourth-order valence-corrected chi connectivity index (χ4v) is 15.0. The van der Waals surface area contributed by atoms with Crippen molar-refractivity contribution in [3.63, 3.8) is 0 Å². The zero-order chi connectivity index (χ0) is 57.2. The normalized spacial score (nSPS) is 13.1. The van der Waals surface area contributed by atoms with Gasteiger partial charge in [-0.25, -0.2) is 0 Å². The standard InChI is InChI=1S/C80H70N2S/c1-77(2,3)48-33-38-66-62(43-48)63-44-49(78(4,5)6)34-39-67(63)81(66)75-56-26-17-13-22-52(56)72(53-23-14-18-27-57(53)75)47-32-37-60-71(42-47)83-70-31-21-30-61(74(60)70)73-54-24-15-19-28-58(54)76(59-29-20-16-25-55(59)73)82-68-40-35-50(79(7,8)9)45-64(68)65-46-51(80(10,11)12)36-41-69(65)82/h13-46H,1-12H3. The minimum atomic E-state index is 0.0120. The van der Waals surface area contributed by atoms with E-state index in [4.69, 9.17) is 0 Å². The van der Waals surface area contributed by atoms with Gasteiger partial charge in [-0.15, -0.1) is 11.3 Å². The van der Waals surface area contributed by atoms with Crippen molar-refractivity contribution in [2.24, 2.45) is 0 Å². The number of hydrogen-bond donors (Lipinski definition) is 0. The van der Waals surface area contributed by atoms with Crippen molar-refractivity contribution in [2.45, 2.75) is 105 Å². The molecule has 0 atom stereocenters. The van der Waals surface area contributed by atoms with Gasteiger partial charge in [0.15, 0.2) is 0 Å². The summed E-state index contributed by atoms with van der Waals surface area (Å²) in [5, 5.41) is 17.8. The van der Waals surface area contributed by atoms with Crippen LogP contribution in [0.5, 0.6) is 0 Å². The zero-order valence-electron chi connectivity index (χ0n) is 49.9. The van der Waals surface area contributed by atoms with E-state index in [0.717, 1.165) is 0 Å². The summed E-state index contributed by atoms with van der Waals surface area (Å²) in [6.45, 7) is 27.9. The molecule has 0 fully saturated rings. The van der Waals surface area contributed by atoms with E-state index in [1.54, 1.807) is 0 Å². The first-order valence-electron chi connectivity index (χ1n) is 29.7. The summed E-state index contributed by atoms with van der Waals surface area (Å²) in [6.07, 6.45) is 0. The van der Waals surface area contributed by atoms with E-state index in [0.29, 0.717) is 0 Å². The quantitative estimate of drug-likeness (QED) is 0.155. The summed E-state index contributed by atoms with van der Waals surface area (Å²) < 4.78 is 7.73. The summed E-state index contributed by atoms with van der Waals surface area (Å²) in [4.78, 5) is 0. The second-order valence-electron chi connectivity index (χ2n) is 27.7. The predicted octanol–water partition coefficient (Wildman–Crippen LogP) is 23.4. The van der Waals surface area contributed by atoms with Gasteiger partial charge in [0.2, 0.25) is 0 Å². The van der Waals surface area contributed by atoms with E-state index in [-0.39, 0.29) is 21.7 Å². The van der Waals surface area contributed by atoms with Gasteiger partial charge in [0.25, 0.3) is 0 Å². The summed E-state index contributed by atoms with van der Waals surface area (Å²) >= 11 is 1.91. The van der Waals surface area contributed by atoms with Crippen LogP contribution in [0, 0.1) is 0 Å². The van der Waals surface area contributed by atoms with E-state index >= 15 is 0 Å². The third-order valence-electron chi connectivity index (χ3n) is 18.3. The maximum absolute atomic E-state index is 2.58. The first-order chi connectivity index (χ1) is 39.7. The van der Waals surface area contributed by atoms with E-state index in [2.05, 4.69) is 298 Å². The van der Waals surface area contributed by atoms with Crippen molar-refractivity contribution in [2.75, 3.05) is 0 Å². The van der Waals surface area contributed by atoms with Crippen LogP contribution in [0.3, 0.4) is 0 Å². The number of thiophene rings is 1. The van der Waals surface area contributed by atoms with Crippen LogP contribution in [-0.2, 0) is 21.7 Å². The van der Waals surface area contributed by atoms with E-state index in [1.165, 1.54) is 163 Å². The Bertz CT molecular complexity index is 4980. The van der Waals surface area contributed by atoms with E-state index < -0.39 is 0 Å². The molecule has 0 radical (unpaired) electrons. The summed E-state index contributed by atoms with van der Waals surface area (Å²) in [5.41, 5.74) is 17.9. The van der Waals surface area contributed by atoms with Crippen molar-refractivity contribution in [1.29, 1.82) is 0 Å². The topological polar surface area (TPSA) is 9.86 Å². The van der Waals surface area contributed by atoms with Crippen LogP contribution < -0.4 is 0 Å². The Labute approximate surface area is 491 Å². The number of hydrogen-bond acceptors (Lipinski definition) is 1. The molecule has 3 heteroatoms. The number of nitrogens with zero attached hydrogens (tertiary/aromatic N) is 2. The van der Waals surface area contributed by atoms with Gasteiger partial charge >= 0.3 is 0 Å². The Morgan fingerprint density at radius 2 is 0.602 bits per heavy atom. The Hall–Kier alpha value is -8.50. The maximum Gasteiger partial charge on any atom is 0.0619 e. The van der Waals surface area contributed by atoms with Gasteiger partial charge in [0.05, 0.1) is 33.4 Å². The van der Waals surface area contributed by atoms with Crippen molar-refractivity contribution in [3.8, 4) is 33.6 Å². The SMILES string of the molecule is CC(C)(C)c1ccc2c(c1)c1cc(C(C)(C)C)ccc1n2-c1c2ccccc2c(-c2ccc3c(c2)sc2cccc(-c4c5ccccc5c(-n5c6ccc(C(C)(C)C)cc6c6cc(C(C)(C)C)ccc65)c5ccccc45)c23)c2ccccc12. The molecule has 0 aliphatic rings. The summed E-state index contributed by atoms with van der Waals surface area (Å²) in [5.74, 6) is 0. The molecule has 0 N–H and O–H groups in total. The number of aromatic nitrogens is 2. The van der Waals surface area contributed by atoms with E-state index in [9.17, 15) is 0 Å². The Balaban J connectivity index is 0.946. The second-order valence-corrected chi connectivity index (χ2v) is 28.8. The third-order valence-corrected chi connectivity index (χ3v) is 19.4. The molecule has 0 aliphatic heterocycles. The van der Waals surface area contributed by atoms with Gasteiger partial charge < -0.3 is 9.13 Å². The van der Waals surface area contributed by atoms with Gasteiger partial charge in [0.1, 0.15) is 0 Å². The van der Waals surface area contributed by atoms with Crippen molar-refractivity contribution < 1.29 is 0 Å². The van der Waals surface area contributed by atoms with Gasteiger partial charge in [-0.05, 0) is 148 Å². The smallest absolute Gasteiger partial charge is 0.0619 e. The van der Waals surface area contributed by atoms with Crippen LogP contribution in [0.25, 0.3) is 141 Å². The van der Waals surface area contributed by atoms with Gasteiger partial charge in [-0.2, -0.15) is 0 Å². The monoisotopic (exact) mass is 1090 g/mol. The minimum absolute atomic E-state index is 0.0120. The van der Waals surface area contributed by atoms with Crippen molar-refractivity contribution >= 4 is 118 Å². The highest BCUT2D eigenvalue weighted by Crippen LogP contribution is 2.51. The first-order valence-corrected chi connectivity index (χ1v) is 30.6. The second kappa shape index (κ2) is 18.0. The lowest BCUT2D eigenvalue weighted by Crippen LogP contribution is -2.10. The van der Waals surface area contributed by atoms with Gasteiger partial charge in [-0.3, -0.25) is 0 Å². The number of fused-ring (bicyclic) bond motifs is 13.